The van der Waals surface area contributed by atoms with Gasteiger partial charge < -0.3 is 20.3 Å². The molecule has 7 nitrogen and oxygen atoms in total. The van der Waals surface area contributed by atoms with Gasteiger partial charge in [-0.2, -0.15) is 0 Å². The summed E-state index contributed by atoms with van der Waals surface area (Å²) >= 11 is 3.40. The molecule has 0 spiro atoms. The predicted octanol–water partition coefficient (Wildman–Crippen LogP) is 4.75. The zero-order chi connectivity index (χ0) is 25.7. The fourth-order valence-corrected chi connectivity index (χ4v) is 4.47. The molecule has 0 aromatic heterocycles. The first-order chi connectivity index (χ1) is 17.3. The van der Waals surface area contributed by atoms with Gasteiger partial charge in [0.15, 0.2) is 6.61 Å². The molecule has 0 unspecified atom stereocenters. The molecule has 1 heterocycles. The molecule has 4 rings (SSSR count). The molecule has 36 heavy (non-hydrogen) atoms. The molecule has 0 radical (unpaired) electrons. The van der Waals surface area contributed by atoms with Crippen LogP contribution in [0.2, 0.25) is 0 Å². The topological polar surface area (TPSA) is 87.7 Å². The van der Waals surface area contributed by atoms with Gasteiger partial charge in [-0.3, -0.25) is 14.4 Å². The SMILES string of the molecule is Cc1ccc(CNC(=O)[C@@H]2CC(=O)N(c3ccc(OCC(=O)Nc4ccc(Br)cc4C)cc3)C2)cc1. The normalized spacial score (nSPS) is 15.0. The van der Waals surface area contributed by atoms with Crippen LogP contribution in [-0.4, -0.2) is 30.9 Å². The van der Waals surface area contributed by atoms with Crippen molar-refractivity contribution >= 4 is 45.0 Å². The number of amides is 3. The van der Waals surface area contributed by atoms with Gasteiger partial charge in [-0.15, -0.1) is 0 Å². The van der Waals surface area contributed by atoms with E-state index in [4.69, 9.17) is 4.74 Å². The summed E-state index contributed by atoms with van der Waals surface area (Å²) in [4.78, 5) is 39.1. The van der Waals surface area contributed by atoms with E-state index in [9.17, 15) is 14.4 Å². The maximum absolute atomic E-state index is 12.6. The van der Waals surface area contributed by atoms with Gasteiger partial charge >= 0.3 is 0 Å². The van der Waals surface area contributed by atoms with Gasteiger partial charge in [-0.1, -0.05) is 45.8 Å². The predicted molar refractivity (Wildman–Crippen MR) is 143 cm³/mol. The van der Waals surface area contributed by atoms with Crippen molar-refractivity contribution in [2.45, 2.75) is 26.8 Å². The van der Waals surface area contributed by atoms with Gasteiger partial charge in [-0.25, -0.2) is 0 Å². The smallest absolute Gasteiger partial charge is 0.262 e. The molecular formula is C28H28BrN3O4. The number of benzene rings is 3. The Morgan fingerprint density at radius 1 is 1.03 bits per heavy atom. The van der Waals surface area contributed by atoms with E-state index in [1.54, 1.807) is 29.2 Å². The lowest BCUT2D eigenvalue weighted by Gasteiger charge is -2.17. The van der Waals surface area contributed by atoms with Gasteiger partial charge in [-0.05, 0) is 67.4 Å². The van der Waals surface area contributed by atoms with E-state index in [0.717, 1.165) is 26.9 Å². The summed E-state index contributed by atoms with van der Waals surface area (Å²) in [6, 6.07) is 20.5. The first-order valence-electron chi connectivity index (χ1n) is 11.7. The second-order valence-electron chi connectivity index (χ2n) is 8.90. The number of halogens is 1. The van der Waals surface area contributed by atoms with E-state index in [0.29, 0.717) is 24.5 Å². The number of anilines is 2. The van der Waals surface area contributed by atoms with Crippen molar-refractivity contribution in [1.82, 2.24) is 5.32 Å². The van der Waals surface area contributed by atoms with Crippen LogP contribution in [0.1, 0.15) is 23.1 Å². The lowest BCUT2D eigenvalue weighted by molar-refractivity contribution is -0.126. The Morgan fingerprint density at radius 3 is 2.44 bits per heavy atom. The molecule has 186 valence electrons. The summed E-state index contributed by atoms with van der Waals surface area (Å²) in [5.74, 6) is -0.370. The fraction of sp³-hybridized carbons (Fsp3) is 0.250. The third-order valence-electron chi connectivity index (χ3n) is 6.06. The van der Waals surface area contributed by atoms with Crippen LogP contribution < -0.4 is 20.3 Å². The number of nitrogens with one attached hydrogen (secondary N) is 2. The number of nitrogens with zero attached hydrogens (tertiary/aromatic N) is 1. The van der Waals surface area contributed by atoms with Crippen LogP contribution in [0, 0.1) is 19.8 Å². The highest BCUT2D eigenvalue weighted by atomic mass is 79.9. The lowest BCUT2D eigenvalue weighted by atomic mass is 10.1. The van der Waals surface area contributed by atoms with Crippen molar-refractivity contribution in [2.24, 2.45) is 5.92 Å². The van der Waals surface area contributed by atoms with Crippen LogP contribution in [0.25, 0.3) is 0 Å². The molecule has 1 aliphatic rings. The number of carbonyl (C=O) groups is 3. The van der Waals surface area contributed by atoms with Crippen LogP contribution >= 0.6 is 15.9 Å². The van der Waals surface area contributed by atoms with Crippen LogP contribution in [0.4, 0.5) is 11.4 Å². The Labute approximate surface area is 219 Å². The standard InChI is InChI=1S/C28H28BrN3O4/c1-18-3-5-20(6-4-18)15-30-28(35)21-14-27(34)32(16-21)23-8-10-24(11-9-23)36-17-26(33)31-25-12-7-22(29)13-19(25)2/h3-13,21H,14-17H2,1-2H3,(H,30,35)(H,31,33)/t21-/m1/s1. The quantitative estimate of drug-likeness (QED) is 0.424. The molecule has 3 aromatic rings. The van der Waals surface area contributed by atoms with Crippen molar-refractivity contribution in [3.05, 3.63) is 87.9 Å². The van der Waals surface area contributed by atoms with Gasteiger partial charge in [0, 0.05) is 35.4 Å². The van der Waals surface area contributed by atoms with Crippen LogP contribution in [0.5, 0.6) is 5.75 Å². The third kappa shape index (κ3) is 6.51. The number of ether oxygens (including phenoxy) is 1. The third-order valence-corrected chi connectivity index (χ3v) is 6.56. The van der Waals surface area contributed by atoms with Crippen molar-refractivity contribution in [1.29, 1.82) is 0 Å². The van der Waals surface area contributed by atoms with Crippen molar-refractivity contribution in [3.8, 4) is 5.75 Å². The van der Waals surface area contributed by atoms with Gasteiger partial charge in [0.2, 0.25) is 11.8 Å². The first kappa shape index (κ1) is 25.4. The number of aryl methyl sites for hydroxylation is 2. The highest BCUT2D eigenvalue weighted by Gasteiger charge is 2.35. The van der Waals surface area contributed by atoms with E-state index in [2.05, 4.69) is 26.6 Å². The molecule has 3 amide bonds. The molecule has 8 heteroatoms. The Morgan fingerprint density at radius 2 is 1.75 bits per heavy atom. The fourth-order valence-electron chi connectivity index (χ4n) is 4.00. The number of hydrogen-bond donors (Lipinski definition) is 2. The molecule has 1 saturated heterocycles. The summed E-state index contributed by atoms with van der Waals surface area (Å²) in [5, 5.41) is 5.77. The summed E-state index contributed by atoms with van der Waals surface area (Å²) in [6.07, 6.45) is 0.174. The minimum Gasteiger partial charge on any atom is -0.484 e. The number of hydrogen-bond acceptors (Lipinski definition) is 4. The molecule has 0 bridgehead atoms. The minimum atomic E-state index is -0.398. The Bertz CT molecular complexity index is 1260. The van der Waals surface area contributed by atoms with Gasteiger partial charge in [0.1, 0.15) is 5.75 Å². The molecule has 1 atom stereocenters. The summed E-state index contributed by atoms with van der Waals surface area (Å²) in [5.41, 5.74) is 4.55. The lowest BCUT2D eigenvalue weighted by Crippen LogP contribution is -2.32. The minimum absolute atomic E-state index is 0.0941. The molecular weight excluding hydrogens is 522 g/mol. The van der Waals surface area contributed by atoms with Crippen molar-refractivity contribution in [3.63, 3.8) is 0 Å². The average molecular weight is 550 g/mol. The van der Waals surface area contributed by atoms with E-state index in [1.807, 2.05) is 56.3 Å². The summed E-state index contributed by atoms with van der Waals surface area (Å²) in [7, 11) is 0. The first-order valence-corrected chi connectivity index (χ1v) is 12.5. The van der Waals surface area contributed by atoms with Crippen molar-refractivity contribution < 1.29 is 19.1 Å². The second kappa shape index (κ2) is 11.4. The highest BCUT2D eigenvalue weighted by Crippen LogP contribution is 2.27. The Kier molecular flexibility index (Phi) is 8.05. The maximum atomic E-state index is 12.6. The van der Waals surface area contributed by atoms with E-state index in [1.165, 1.54) is 0 Å². The van der Waals surface area contributed by atoms with E-state index < -0.39 is 5.92 Å². The maximum Gasteiger partial charge on any atom is 0.262 e. The van der Waals surface area contributed by atoms with Crippen LogP contribution in [-0.2, 0) is 20.9 Å². The highest BCUT2D eigenvalue weighted by molar-refractivity contribution is 9.10. The van der Waals surface area contributed by atoms with Crippen molar-refractivity contribution in [2.75, 3.05) is 23.4 Å². The monoisotopic (exact) mass is 549 g/mol. The summed E-state index contributed by atoms with van der Waals surface area (Å²) in [6.45, 7) is 4.56. The van der Waals surface area contributed by atoms with E-state index >= 15 is 0 Å². The van der Waals surface area contributed by atoms with Crippen LogP contribution in [0.3, 0.4) is 0 Å². The zero-order valence-electron chi connectivity index (χ0n) is 20.2. The second-order valence-corrected chi connectivity index (χ2v) is 9.81. The Balaban J connectivity index is 1.27. The largest absolute Gasteiger partial charge is 0.484 e. The molecule has 0 aliphatic carbocycles. The molecule has 0 saturated carbocycles. The van der Waals surface area contributed by atoms with Crippen LogP contribution in [0.15, 0.2) is 71.2 Å². The zero-order valence-corrected chi connectivity index (χ0v) is 21.8. The molecule has 1 fully saturated rings. The van der Waals surface area contributed by atoms with E-state index in [-0.39, 0.29) is 30.7 Å². The molecule has 2 N–H and O–H groups in total. The number of rotatable bonds is 8. The number of carbonyl (C=O) groups excluding carboxylic acids is 3. The van der Waals surface area contributed by atoms with Gasteiger partial charge in [0.05, 0.1) is 5.92 Å². The Hall–Kier alpha value is -3.65. The molecule has 1 aliphatic heterocycles. The molecule has 3 aromatic carbocycles. The summed E-state index contributed by atoms with van der Waals surface area (Å²) < 4.78 is 6.54. The average Bonchev–Trinajstić information content (AvgIpc) is 3.26. The van der Waals surface area contributed by atoms with Gasteiger partial charge in [0.25, 0.3) is 5.91 Å².